The number of carbonyl (C=O) groups excluding carboxylic acids is 2. The molecule has 0 unspecified atom stereocenters. The molecule has 1 saturated heterocycles. The number of methoxy groups -OCH3 is 1. The SMILES string of the molecule is COC(=O)C1=C[C@H](C)CC(=O)[C@@H]1C1OCCO1. The lowest BCUT2D eigenvalue weighted by Gasteiger charge is -2.27. The predicted molar refractivity (Wildman–Crippen MR) is 58.1 cm³/mol. The summed E-state index contributed by atoms with van der Waals surface area (Å²) in [5.74, 6) is -1.09. The molecular weight excluding hydrogens is 224 g/mol. The highest BCUT2D eigenvalue weighted by molar-refractivity contribution is 5.99. The number of hydrogen-bond donors (Lipinski definition) is 0. The molecule has 0 aromatic carbocycles. The Hall–Kier alpha value is -1.20. The fourth-order valence-corrected chi connectivity index (χ4v) is 2.27. The van der Waals surface area contributed by atoms with Crippen molar-refractivity contribution in [2.75, 3.05) is 20.3 Å². The van der Waals surface area contributed by atoms with Gasteiger partial charge in [-0.05, 0) is 5.92 Å². The van der Waals surface area contributed by atoms with Gasteiger partial charge in [0.1, 0.15) is 11.7 Å². The number of hydrogen-bond acceptors (Lipinski definition) is 5. The van der Waals surface area contributed by atoms with Crippen LogP contribution in [0.4, 0.5) is 0 Å². The molecule has 5 heteroatoms. The van der Waals surface area contributed by atoms with Crippen molar-refractivity contribution in [3.63, 3.8) is 0 Å². The molecule has 1 heterocycles. The molecule has 2 aliphatic rings. The number of ketones is 1. The first kappa shape index (κ1) is 12.3. The summed E-state index contributed by atoms with van der Waals surface area (Å²) in [6, 6.07) is 0. The number of allylic oxidation sites excluding steroid dienone is 1. The van der Waals surface area contributed by atoms with Crippen LogP contribution in [0.3, 0.4) is 0 Å². The topological polar surface area (TPSA) is 61.8 Å². The quantitative estimate of drug-likeness (QED) is 0.664. The molecule has 0 radical (unpaired) electrons. The zero-order chi connectivity index (χ0) is 12.4. The Morgan fingerprint density at radius 2 is 2.06 bits per heavy atom. The van der Waals surface area contributed by atoms with Crippen molar-refractivity contribution in [1.82, 2.24) is 0 Å². The van der Waals surface area contributed by atoms with Gasteiger partial charge >= 0.3 is 5.97 Å². The molecule has 0 aromatic heterocycles. The van der Waals surface area contributed by atoms with Crippen LogP contribution in [0.15, 0.2) is 11.6 Å². The van der Waals surface area contributed by atoms with Gasteiger partial charge in [0.2, 0.25) is 0 Å². The monoisotopic (exact) mass is 240 g/mol. The van der Waals surface area contributed by atoms with E-state index in [2.05, 4.69) is 0 Å². The van der Waals surface area contributed by atoms with Crippen molar-refractivity contribution in [2.45, 2.75) is 19.6 Å². The van der Waals surface area contributed by atoms with Crippen LogP contribution in [0.25, 0.3) is 0 Å². The highest BCUT2D eigenvalue weighted by Gasteiger charge is 2.41. The van der Waals surface area contributed by atoms with E-state index in [1.165, 1.54) is 7.11 Å². The highest BCUT2D eigenvalue weighted by atomic mass is 16.7. The summed E-state index contributed by atoms with van der Waals surface area (Å²) in [4.78, 5) is 23.7. The van der Waals surface area contributed by atoms with E-state index >= 15 is 0 Å². The summed E-state index contributed by atoms with van der Waals surface area (Å²) in [7, 11) is 1.31. The minimum Gasteiger partial charge on any atom is -0.466 e. The van der Waals surface area contributed by atoms with E-state index in [1.54, 1.807) is 6.08 Å². The standard InChI is InChI=1S/C12H16O5/c1-7-5-8(11(14)15-2)10(9(13)6-7)12-16-3-4-17-12/h5,7,10,12H,3-4,6H2,1-2H3/t7-,10+/m0/s1. The molecule has 1 aliphatic heterocycles. The lowest BCUT2D eigenvalue weighted by atomic mass is 9.81. The van der Waals surface area contributed by atoms with Gasteiger partial charge in [-0.15, -0.1) is 0 Å². The van der Waals surface area contributed by atoms with Gasteiger partial charge in [0.05, 0.1) is 20.3 Å². The number of Topliss-reactive ketones (excluding diaryl/α,β-unsaturated/α-hetero) is 1. The lowest BCUT2D eigenvalue weighted by Crippen LogP contribution is -2.37. The summed E-state index contributed by atoms with van der Waals surface area (Å²) >= 11 is 0. The molecule has 0 amide bonds. The average Bonchev–Trinajstić information content (AvgIpc) is 2.80. The molecular formula is C12H16O5. The van der Waals surface area contributed by atoms with E-state index in [0.717, 1.165) is 0 Å². The van der Waals surface area contributed by atoms with E-state index in [9.17, 15) is 9.59 Å². The third-order valence-corrected chi connectivity index (χ3v) is 3.01. The molecule has 1 fully saturated rings. The van der Waals surface area contributed by atoms with Crippen molar-refractivity contribution in [3.8, 4) is 0 Å². The van der Waals surface area contributed by atoms with Gasteiger partial charge in [0.25, 0.3) is 0 Å². The van der Waals surface area contributed by atoms with Crippen molar-refractivity contribution in [1.29, 1.82) is 0 Å². The van der Waals surface area contributed by atoms with Gasteiger partial charge in [0, 0.05) is 12.0 Å². The van der Waals surface area contributed by atoms with Gasteiger partial charge in [-0.3, -0.25) is 4.79 Å². The minimum atomic E-state index is -0.639. The third-order valence-electron chi connectivity index (χ3n) is 3.01. The molecule has 0 N–H and O–H groups in total. The molecule has 0 spiro atoms. The first-order chi connectivity index (χ1) is 8.13. The van der Waals surface area contributed by atoms with E-state index in [4.69, 9.17) is 14.2 Å². The Morgan fingerprint density at radius 3 is 2.65 bits per heavy atom. The van der Waals surface area contributed by atoms with Crippen LogP contribution in [-0.4, -0.2) is 38.4 Å². The van der Waals surface area contributed by atoms with Crippen LogP contribution >= 0.6 is 0 Å². The predicted octanol–water partition coefficient (Wildman–Crippen LogP) is 0.684. The summed E-state index contributed by atoms with van der Waals surface area (Å²) in [6.07, 6.45) is 1.55. The number of carbonyl (C=O) groups is 2. The summed E-state index contributed by atoms with van der Waals surface area (Å²) < 4.78 is 15.4. The van der Waals surface area contributed by atoms with Crippen LogP contribution < -0.4 is 0 Å². The van der Waals surface area contributed by atoms with Crippen molar-refractivity contribution in [2.24, 2.45) is 11.8 Å². The van der Waals surface area contributed by atoms with Gasteiger partial charge in [0.15, 0.2) is 6.29 Å². The van der Waals surface area contributed by atoms with Crippen LogP contribution in [-0.2, 0) is 23.8 Å². The fraction of sp³-hybridized carbons (Fsp3) is 0.667. The number of esters is 1. The largest absolute Gasteiger partial charge is 0.466 e. The Labute approximate surface area is 99.7 Å². The van der Waals surface area contributed by atoms with Gasteiger partial charge < -0.3 is 14.2 Å². The minimum absolute atomic E-state index is 0.0210. The van der Waals surface area contributed by atoms with Crippen molar-refractivity contribution in [3.05, 3.63) is 11.6 Å². The van der Waals surface area contributed by atoms with Crippen LogP contribution in [0.5, 0.6) is 0 Å². The summed E-state index contributed by atoms with van der Waals surface area (Å²) in [5, 5.41) is 0. The maximum Gasteiger partial charge on any atom is 0.334 e. The maximum absolute atomic E-state index is 12.0. The van der Waals surface area contributed by atoms with E-state index in [-0.39, 0.29) is 11.7 Å². The molecule has 5 nitrogen and oxygen atoms in total. The lowest BCUT2D eigenvalue weighted by molar-refractivity contribution is -0.147. The second-order valence-electron chi connectivity index (χ2n) is 4.35. The summed E-state index contributed by atoms with van der Waals surface area (Å²) in [6.45, 7) is 2.81. The van der Waals surface area contributed by atoms with Gasteiger partial charge in [-0.25, -0.2) is 4.79 Å². The second kappa shape index (κ2) is 4.98. The normalized spacial score (nSPS) is 30.2. The average molecular weight is 240 g/mol. The molecule has 94 valence electrons. The highest BCUT2D eigenvalue weighted by Crippen LogP contribution is 2.32. The van der Waals surface area contributed by atoms with Crippen molar-refractivity contribution >= 4 is 11.8 Å². The Balaban J connectivity index is 2.27. The fourth-order valence-electron chi connectivity index (χ4n) is 2.27. The Morgan fingerprint density at radius 1 is 1.41 bits per heavy atom. The zero-order valence-electron chi connectivity index (χ0n) is 9.97. The number of rotatable bonds is 2. The van der Waals surface area contributed by atoms with E-state index < -0.39 is 18.2 Å². The Bertz CT molecular complexity index is 354. The molecule has 0 bridgehead atoms. The number of ether oxygens (including phenoxy) is 3. The summed E-state index contributed by atoms with van der Waals surface area (Å²) in [5.41, 5.74) is 0.364. The first-order valence-electron chi connectivity index (χ1n) is 5.69. The maximum atomic E-state index is 12.0. The smallest absolute Gasteiger partial charge is 0.334 e. The van der Waals surface area contributed by atoms with Gasteiger partial charge in [-0.1, -0.05) is 13.0 Å². The van der Waals surface area contributed by atoms with Gasteiger partial charge in [-0.2, -0.15) is 0 Å². The molecule has 0 aromatic rings. The van der Waals surface area contributed by atoms with Crippen LogP contribution in [0.2, 0.25) is 0 Å². The first-order valence-corrected chi connectivity index (χ1v) is 5.69. The zero-order valence-corrected chi connectivity index (χ0v) is 9.97. The molecule has 2 atom stereocenters. The second-order valence-corrected chi connectivity index (χ2v) is 4.35. The van der Waals surface area contributed by atoms with E-state index in [1.807, 2.05) is 6.92 Å². The molecule has 1 aliphatic carbocycles. The van der Waals surface area contributed by atoms with Crippen LogP contribution in [0.1, 0.15) is 13.3 Å². The Kier molecular flexibility index (Phi) is 3.59. The van der Waals surface area contributed by atoms with Crippen molar-refractivity contribution < 1.29 is 23.8 Å². The molecule has 2 rings (SSSR count). The van der Waals surface area contributed by atoms with Crippen LogP contribution in [0, 0.1) is 11.8 Å². The third kappa shape index (κ3) is 2.40. The molecule has 17 heavy (non-hydrogen) atoms. The molecule has 0 saturated carbocycles. The van der Waals surface area contributed by atoms with E-state index in [0.29, 0.717) is 25.2 Å².